The summed E-state index contributed by atoms with van der Waals surface area (Å²) in [4.78, 5) is 49.4. The molecule has 4 rings (SSSR count). The molecular weight excluding hydrogens is 424 g/mol. The van der Waals surface area contributed by atoms with Crippen molar-refractivity contribution in [2.75, 3.05) is 4.90 Å². The molecule has 2 N–H and O–H groups in total. The molecule has 2 aromatic carbocycles. The van der Waals surface area contributed by atoms with Gasteiger partial charge in [0, 0.05) is 5.56 Å². The molecule has 1 aromatic heterocycles. The zero-order chi connectivity index (χ0) is 22.1. The maximum Gasteiger partial charge on any atom is 0.335 e. The minimum atomic E-state index is -1.12. The summed E-state index contributed by atoms with van der Waals surface area (Å²) < 4.78 is 5.66. The third-order valence-corrected chi connectivity index (χ3v) is 4.84. The Morgan fingerprint density at radius 2 is 1.77 bits per heavy atom. The van der Waals surface area contributed by atoms with Crippen LogP contribution in [0.3, 0.4) is 0 Å². The van der Waals surface area contributed by atoms with Crippen LogP contribution in [0.4, 0.5) is 10.5 Å². The number of carbonyl (C=O) groups is 4. The van der Waals surface area contributed by atoms with E-state index in [1.165, 1.54) is 36.4 Å². The average Bonchev–Trinajstić information content (AvgIpc) is 3.20. The van der Waals surface area contributed by atoms with E-state index in [1.54, 1.807) is 30.3 Å². The van der Waals surface area contributed by atoms with Crippen molar-refractivity contribution in [1.29, 1.82) is 0 Å². The fourth-order valence-corrected chi connectivity index (χ4v) is 3.24. The number of furan rings is 1. The van der Waals surface area contributed by atoms with Crippen molar-refractivity contribution >= 4 is 47.2 Å². The van der Waals surface area contributed by atoms with Gasteiger partial charge in [0.25, 0.3) is 11.8 Å². The number of hydrogen-bond acceptors (Lipinski definition) is 5. The van der Waals surface area contributed by atoms with Crippen LogP contribution in [0.2, 0.25) is 5.02 Å². The van der Waals surface area contributed by atoms with Gasteiger partial charge >= 0.3 is 12.0 Å². The lowest BCUT2D eigenvalue weighted by Gasteiger charge is -2.26. The van der Waals surface area contributed by atoms with Gasteiger partial charge in [0.2, 0.25) is 0 Å². The summed E-state index contributed by atoms with van der Waals surface area (Å²) in [6.45, 7) is 0. The highest BCUT2D eigenvalue weighted by atomic mass is 35.5. The van der Waals surface area contributed by atoms with E-state index < -0.39 is 23.8 Å². The first-order valence-corrected chi connectivity index (χ1v) is 9.32. The van der Waals surface area contributed by atoms with Crippen LogP contribution in [-0.4, -0.2) is 28.9 Å². The van der Waals surface area contributed by atoms with Gasteiger partial charge in [-0.15, -0.1) is 0 Å². The van der Waals surface area contributed by atoms with Gasteiger partial charge in [0.05, 0.1) is 16.3 Å². The van der Waals surface area contributed by atoms with Crippen LogP contribution in [0.1, 0.15) is 16.1 Å². The van der Waals surface area contributed by atoms with E-state index in [0.29, 0.717) is 11.3 Å². The summed E-state index contributed by atoms with van der Waals surface area (Å²) >= 11 is 6.16. The number of amides is 4. The lowest BCUT2D eigenvalue weighted by molar-refractivity contribution is -0.122. The third-order valence-electron chi connectivity index (χ3n) is 4.51. The van der Waals surface area contributed by atoms with Gasteiger partial charge < -0.3 is 9.52 Å². The second-order valence-electron chi connectivity index (χ2n) is 6.50. The Kier molecular flexibility index (Phi) is 5.14. The second kappa shape index (κ2) is 7.92. The van der Waals surface area contributed by atoms with Gasteiger partial charge in [-0.3, -0.25) is 14.9 Å². The summed E-state index contributed by atoms with van der Waals surface area (Å²) in [7, 11) is 0. The Bertz CT molecular complexity index is 1260. The number of para-hydroxylation sites is 1. The van der Waals surface area contributed by atoms with Crippen LogP contribution in [0.25, 0.3) is 17.4 Å². The molecule has 3 aromatic rings. The molecule has 1 saturated heterocycles. The van der Waals surface area contributed by atoms with Gasteiger partial charge in [-0.2, -0.15) is 0 Å². The predicted molar refractivity (Wildman–Crippen MR) is 112 cm³/mol. The summed E-state index contributed by atoms with van der Waals surface area (Å²) in [5, 5.41) is 11.6. The molecule has 0 saturated carbocycles. The van der Waals surface area contributed by atoms with Gasteiger partial charge in [0.15, 0.2) is 0 Å². The second-order valence-corrected chi connectivity index (χ2v) is 6.90. The van der Waals surface area contributed by atoms with E-state index in [4.69, 9.17) is 21.1 Å². The number of halogens is 1. The van der Waals surface area contributed by atoms with Crippen LogP contribution in [-0.2, 0) is 9.59 Å². The highest BCUT2D eigenvalue weighted by molar-refractivity contribution is 6.39. The molecule has 0 bridgehead atoms. The van der Waals surface area contributed by atoms with Gasteiger partial charge in [-0.25, -0.2) is 14.5 Å². The third kappa shape index (κ3) is 3.84. The summed E-state index contributed by atoms with van der Waals surface area (Å²) in [5.74, 6) is -2.39. The molecule has 0 unspecified atom stereocenters. The van der Waals surface area contributed by atoms with E-state index in [1.807, 2.05) is 0 Å². The number of nitrogens with zero attached hydrogens (tertiary/aromatic N) is 1. The number of anilines is 1. The smallest absolute Gasteiger partial charge is 0.335 e. The lowest BCUT2D eigenvalue weighted by atomic mass is 10.1. The predicted octanol–water partition coefficient (Wildman–Crippen LogP) is 3.96. The van der Waals surface area contributed by atoms with Crippen molar-refractivity contribution in [2.45, 2.75) is 0 Å². The number of barbiturate groups is 1. The standard InChI is InChI=1S/C22H13ClN2O6/c23-17-8-6-12(21(28)29)10-15(17)18-9-7-14(31-18)11-16-19(26)24-22(30)25(20(16)27)13-4-2-1-3-5-13/h1-11H,(H,28,29)(H,24,26,30). The zero-order valence-corrected chi connectivity index (χ0v) is 16.4. The van der Waals surface area contributed by atoms with Crippen molar-refractivity contribution in [3.8, 4) is 11.3 Å². The molecule has 9 heteroatoms. The quantitative estimate of drug-likeness (QED) is 0.472. The SMILES string of the molecule is O=C1NC(=O)N(c2ccccc2)C(=O)C1=Cc1ccc(-c2cc(C(=O)O)ccc2Cl)o1. The van der Waals surface area contributed by atoms with E-state index in [9.17, 15) is 19.2 Å². The molecule has 2 heterocycles. The maximum absolute atomic E-state index is 12.8. The van der Waals surface area contributed by atoms with E-state index in [0.717, 1.165) is 4.90 Å². The number of benzene rings is 2. The molecule has 0 radical (unpaired) electrons. The minimum absolute atomic E-state index is 0.0227. The molecule has 1 aliphatic heterocycles. The Morgan fingerprint density at radius 3 is 2.48 bits per heavy atom. The number of hydrogen-bond donors (Lipinski definition) is 2. The summed E-state index contributed by atoms with van der Waals surface area (Å²) in [6, 6.07) is 14.5. The lowest BCUT2D eigenvalue weighted by Crippen LogP contribution is -2.54. The van der Waals surface area contributed by atoms with E-state index in [2.05, 4.69) is 5.32 Å². The van der Waals surface area contributed by atoms with Gasteiger partial charge in [-0.1, -0.05) is 29.8 Å². The first kappa shape index (κ1) is 20.1. The average molecular weight is 437 g/mol. The largest absolute Gasteiger partial charge is 0.478 e. The molecular formula is C22H13ClN2O6. The number of nitrogens with one attached hydrogen (secondary N) is 1. The molecule has 0 atom stereocenters. The normalized spacial score (nSPS) is 15.3. The molecule has 1 fully saturated rings. The van der Waals surface area contributed by atoms with Crippen molar-refractivity contribution in [3.63, 3.8) is 0 Å². The van der Waals surface area contributed by atoms with Crippen LogP contribution in [0.15, 0.2) is 70.7 Å². The number of carboxylic acid groups (broad SMARTS) is 1. The van der Waals surface area contributed by atoms with Crippen molar-refractivity contribution in [2.24, 2.45) is 0 Å². The first-order valence-electron chi connectivity index (χ1n) is 8.94. The summed E-state index contributed by atoms with van der Waals surface area (Å²) in [6.07, 6.45) is 1.21. The van der Waals surface area contributed by atoms with Crippen LogP contribution in [0, 0.1) is 0 Å². The van der Waals surface area contributed by atoms with Crippen LogP contribution >= 0.6 is 11.6 Å². The highest BCUT2D eigenvalue weighted by Gasteiger charge is 2.37. The van der Waals surface area contributed by atoms with Crippen molar-refractivity contribution in [3.05, 3.63) is 82.6 Å². The fourth-order valence-electron chi connectivity index (χ4n) is 3.03. The number of urea groups is 1. The number of aromatic carboxylic acids is 1. The van der Waals surface area contributed by atoms with E-state index >= 15 is 0 Å². The fraction of sp³-hybridized carbons (Fsp3) is 0. The van der Waals surface area contributed by atoms with Gasteiger partial charge in [0.1, 0.15) is 17.1 Å². The number of rotatable bonds is 4. The summed E-state index contributed by atoms with van der Waals surface area (Å²) in [5.41, 5.74) is 0.372. The van der Waals surface area contributed by atoms with Crippen molar-refractivity contribution < 1.29 is 28.7 Å². The highest BCUT2D eigenvalue weighted by Crippen LogP contribution is 2.31. The Morgan fingerprint density at radius 1 is 1.03 bits per heavy atom. The Labute approximate surface area is 180 Å². The molecule has 0 spiro atoms. The molecule has 4 amide bonds. The molecule has 8 nitrogen and oxygen atoms in total. The molecule has 154 valence electrons. The molecule has 31 heavy (non-hydrogen) atoms. The zero-order valence-electron chi connectivity index (χ0n) is 15.7. The number of imide groups is 2. The van der Waals surface area contributed by atoms with Crippen LogP contribution < -0.4 is 10.2 Å². The first-order chi connectivity index (χ1) is 14.8. The van der Waals surface area contributed by atoms with Crippen LogP contribution in [0.5, 0.6) is 0 Å². The Balaban J connectivity index is 1.69. The van der Waals surface area contributed by atoms with Gasteiger partial charge in [-0.05, 0) is 48.5 Å². The number of carboxylic acids is 1. The Hall–Kier alpha value is -4.17. The molecule has 1 aliphatic rings. The number of carbonyl (C=O) groups excluding carboxylic acids is 3. The maximum atomic E-state index is 12.8. The minimum Gasteiger partial charge on any atom is -0.478 e. The monoisotopic (exact) mass is 436 g/mol. The van der Waals surface area contributed by atoms with E-state index in [-0.39, 0.29) is 27.7 Å². The van der Waals surface area contributed by atoms with Crippen molar-refractivity contribution in [1.82, 2.24) is 5.32 Å². The molecule has 0 aliphatic carbocycles. The topological polar surface area (TPSA) is 117 Å².